The number of methoxy groups -OCH3 is 1. The molecule has 4 heteroatoms. The molecule has 1 aliphatic rings. The van der Waals surface area contributed by atoms with Crippen molar-refractivity contribution in [3.05, 3.63) is 42.2 Å². The average Bonchev–Trinajstić information content (AvgIpc) is 3.01. The lowest BCUT2D eigenvalue weighted by molar-refractivity contribution is -0.0402. The highest BCUT2D eigenvalue weighted by molar-refractivity contribution is 5.69. The van der Waals surface area contributed by atoms with Gasteiger partial charge in [-0.05, 0) is 42.7 Å². The number of benzene rings is 1. The van der Waals surface area contributed by atoms with Crippen molar-refractivity contribution in [1.29, 1.82) is 0 Å². The summed E-state index contributed by atoms with van der Waals surface area (Å²) in [6.07, 6.45) is 5.44. The molecule has 1 aromatic carbocycles. The number of ether oxygens (including phenoxy) is 3. The van der Waals surface area contributed by atoms with Crippen LogP contribution >= 0.6 is 0 Å². The number of pyridine rings is 1. The number of rotatable bonds is 4. The molecule has 0 N–H and O–H groups in total. The zero-order valence-electron chi connectivity index (χ0n) is 12.3. The van der Waals surface area contributed by atoms with Crippen molar-refractivity contribution in [3.8, 4) is 22.6 Å². The van der Waals surface area contributed by atoms with E-state index in [1.54, 1.807) is 13.3 Å². The van der Waals surface area contributed by atoms with E-state index >= 15 is 0 Å². The molecule has 21 heavy (non-hydrogen) atoms. The minimum absolute atomic E-state index is 0.177. The van der Waals surface area contributed by atoms with Gasteiger partial charge in [-0.3, -0.25) is 4.98 Å². The molecule has 0 saturated carbocycles. The van der Waals surface area contributed by atoms with Gasteiger partial charge in [0.05, 0.1) is 13.7 Å². The minimum Gasteiger partial charge on any atom is -0.493 e. The van der Waals surface area contributed by atoms with Crippen LogP contribution in [0, 0.1) is 6.92 Å². The SMILES string of the molecule is COc1ccc(-c2cnccc2C)cc1OC1CCCO1. The Morgan fingerprint density at radius 3 is 2.86 bits per heavy atom. The lowest BCUT2D eigenvalue weighted by Crippen LogP contribution is -2.14. The standard InChI is InChI=1S/C17H19NO3/c1-12-7-8-18-11-14(12)13-5-6-15(19-2)16(10-13)21-17-4-3-9-20-17/h5-8,10-11,17H,3-4,9H2,1-2H3. The smallest absolute Gasteiger partial charge is 0.200 e. The van der Waals surface area contributed by atoms with Crippen molar-refractivity contribution in [2.75, 3.05) is 13.7 Å². The van der Waals surface area contributed by atoms with Gasteiger partial charge in [0.2, 0.25) is 0 Å². The Morgan fingerprint density at radius 2 is 2.14 bits per heavy atom. The average molecular weight is 285 g/mol. The van der Waals surface area contributed by atoms with E-state index in [1.165, 1.54) is 5.56 Å². The molecule has 2 heterocycles. The van der Waals surface area contributed by atoms with Gasteiger partial charge in [-0.25, -0.2) is 0 Å². The molecule has 1 saturated heterocycles. The monoisotopic (exact) mass is 285 g/mol. The van der Waals surface area contributed by atoms with E-state index in [0.29, 0.717) is 5.75 Å². The first kappa shape index (κ1) is 13.9. The Bertz CT molecular complexity index is 621. The predicted molar refractivity (Wildman–Crippen MR) is 80.6 cm³/mol. The van der Waals surface area contributed by atoms with Crippen LogP contribution in [-0.4, -0.2) is 25.0 Å². The van der Waals surface area contributed by atoms with Gasteiger partial charge in [0.25, 0.3) is 0 Å². The van der Waals surface area contributed by atoms with E-state index in [-0.39, 0.29) is 6.29 Å². The van der Waals surface area contributed by atoms with Crippen molar-refractivity contribution in [2.45, 2.75) is 26.1 Å². The van der Waals surface area contributed by atoms with Crippen molar-refractivity contribution < 1.29 is 14.2 Å². The third-order valence-corrected chi connectivity index (χ3v) is 3.66. The van der Waals surface area contributed by atoms with E-state index in [4.69, 9.17) is 14.2 Å². The number of aryl methyl sites for hydroxylation is 1. The Balaban J connectivity index is 1.94. The fourth-order valence-corrected chi connectivity index (χ4v) is 2.49. The van der Waals surface area contributed by atoms with Gasteiger partial charge < -0.3 is 14.2 Å². The first-order chi connectivity index (χ1) is 10.3. The summed E-state index contributed by atoms with van der Waals surface area (Å²) in [5.74, 6) is 1.43. The molecule has 110 valence electrons. The molecular weight excluding hydrogens is 266 g/mol. The van der Waals surface area contributed by atoms with Crippen LogP contribution in [0.1, 0.15) is 18.4 Å². The summed E-state index contributed by atoms with van der Waals surface area (Å²) in [7, 11) is 1.65. The van der Waals surface area contributed by atoms with Crippen LogP contribution in [0.4, 0.5) is 0 Å². The summed E-state index contributed by atoms with van der Waals surface area (Å²) in [4.78, 5) is 4.20. The van der Waals surface area contributed by atoms with Crippen LogP contribution < -0.4 is 9.47 Å². The molecule has 1 aromatic heterocycles. The largest absolute Gasteiger partial charge is 0.493 e. The maximum absolute atomic E-state index is 5.93. The molecule has 0 radical (unpaired) electrons. The van der Waals surface area contributed by atoms with Crippen molar-refractivity contribution in [2.24, 2.45) is 0 Å². The number of hydrogen-bond acceptors (Lipinski definition) is 4. The van der Waals surface area contributed by atoms with Crippen LogP contribution in [0.2, 0.25) is 0 Å². The molecule has 1 aliphatic heterocycles. The quantitative estimate of drug-likeness (QED) is 0.861. The Hall–Kier alpha value is -2.07. The third-order valence-electron chi connectivity index (χ3n) is 3.66. The van der Waals surface area contributed by atoms with E-state index in [1.807, 2.05) is 30.5 Å². The highest BCUT2D eigenvalue weighted by atomic mass is 16.7. The fourth-order valence-electron chi connectivity index (χ4n) is 2.49. The van der Waals surface area contributed by atoms with Crippen molar-refractivity contribution >= 4 is 0 Å². The third kappa shape index (κ3) is 3.00. The van der Waals surface area contributed by atoms with E-state index < -0.39 is 0 Å². The molecule has 0 amide bonds. The van der Waals surface area contributed by atoms with Gasteiger partial charge in [0.1, 0.15) is 0 Å². The number of aromatic nitrogens is 1. The molecule has 1 atom stereocenters. The van der Waals surface area contributed by atoms with E-state index in [2.05, 4.69) is 11.9 Å². The van der Waals surface area contributed by atoms with E-state index in [9.17, 15) is 0 Å². The maximum Gasteiger partial charge on any atom is 0.200 e. The van der Waals surface area contributed by atoms with Gasteiger partial charge in [-0.1, -0.05) is 6.07 Å². The molecule has 3 rings (SSSR count). The van der Waals surface area contributed by atoms with Crippen molar-refractivity contribution in [3.63, 3.8) is 0 Å². The van der Waals surface area contributed by atoms with Gasteiger partial charge in [-0.15, -0.1) is 0 Å². The van der Waals surface area contributed by atoms with Crippen LogP contribution in [0.3, 0.4) is 0 Å². The summed E-state index contributed by atoms with van der Waals surface area (Å²) < 4.78 is 16.8. The van der Waals surface area contributed by atoms with Gasteiger partial charge in [0, 0.05) is 24.4 Å². The molecule has 0 bridgehead atoms. The van der Waals surface area contributed by atoms with Gasteiger partial charge in [-0.2, -0.15) is 0 Å². The molecule has 4 nitrogen and oxygen atoms in total. The first-order valence-corrected chi connectivity index (χ1v) is 7.15. The molecule has 1 unspecified atom stereocenters. The molecule has 2 aromatic rings. The van der Waals surface area contributed by atoms with E-state index in [0.717, 1.165) is 36.3 Å². The second-order valence-corrected chi connectivity index (χ2v) is 5.12. The second kappa shape index (κ2) is 6.14. The molecular formula is C17H19NO3. The Kier molecular flexibility index (Phi) is 4.06. The zero-order chi connectivity index (χ0) is 14.7. The van der Waals surface area contributed by atoms with Crippen LogP contribution in [-0.2, 0) is 4.74 Å². The van der Waals surface area contributed by atoms with Crippen LogP contribution in [0.5, 0.6) is 11.5 Å². The summed E-state index contributed by atoms with van der Waals surface area (Å²) in [5.41, 5.74) is 3.34. The zero-order valence-corrected chi connectivity index (χ0v) is 12.3. The summed E-state index contributed by atoms with van der Waals surface area (Å²) in [6, 6.07) is 7.93. The molecule has 1 fully saturated rings. The highest BCUT2D eigenvalue weighted by Crippen LogP contribution is 2.35. The highest BCUT2D eigenvalue weighted by Gasteiger charge is 2.19. The second-order valence-electron chi connectivity index (χ2n) is 5.12. The van der Waals surface area contributed by atoms with Crippen LogP contribution in [0.25, 0.3) is 11.1 Å². The Morgan fingerprint density at radius 1 is 1.24 bits per heavy atom. The first-order valence-electron chi connectivity index (χ1n) is 7.15. The lowest BCUT2D eigenvalue weighted by atomic mass is 10.0. The minimum atomic E-state index is -0.177. The molecule has 0 aliphatic carbocycles. The van der Waals surface area contributed by atoms with Crippen molar-refractivity contribution in [1.82, 2.24) is 4.98 Å². The van der Waals surface area contributed by atoms with Crippen LogP contribution in [0.15, 0.2) is 36.7 Å². The number of hydrogen-bond donors (Lipinski definition) is 0. The van der Waals surface area contributed by atoms with Gasteiger partial charge in [0.15, 0.2) is 17.8 Å². The number of nitrogens with zero attached hydrogens (tertiary/aromatic N) is 1. The predicted octanol–water partition coefficient (Wildman–Crippen LogP) is 3.58. The summed E-state index contributed by atoms with van der Waals surface area (Å²) >= 11 is 0. The maximum atomic E-state index is 5.93. The topological polar surface area (TPSA) is 40.6 Å². The Labute approximate surface area is 124 Å². The van der Waals surface area contributed by atoms with Gasteiger partial charge >= 0.3 is 0 Å². The molecule has 0 spiro atoms. The normalized spacial score (nSPS) is 17.7. The fraction of sp³-hybridized carbons (Fsp3) is 0.353. The lowest BCUT2D eigenvalue weighted by Gasteiger charge is -2.17. The summed E-state index contributed by atoms with van der Waals surface area (Å²) in [6.45, 7) is 2.83. The summed E-state index contributed by atoms with van der Waals surface area (Å²) in [5, 5.41) is 0.